The molecule has 0 radical (unpaired) electrons. The van der Waals surface area contributed by atoms with Gasteiger partial charge < -0.3 is 122 Å². The molecule has 8 N–H and O–H groups in total. The summed E-state index contributed by atoms with van der Waals surface area (Å²) in [5.74, 6) is -11.5. The fourth-order valence-corrected chi connectivity index (χ4v) is 17.1. The van der Waals surface area contributed by atoms with Crippen molar-refractivity contribution in [2.24, 2.45) is 47.3 Å². The summed E-state index contributed by atoms with van der Waals surface area (Å²) in [5, 5.41) is 105. The molecule has 29 nitrogen and oxygen atoms in total. The van der Waals surface area contributed by atoms with Crippen molar-refractivity contribution < 1.29 is 139 Å². The van der Waals surface area contributed by atoms with Crippen molar-refractivity contribution in [3.63, 3.8) is 0 Å². The van der Waals surface area contributed by atoms with Gasteiger partial charge in [0.1, 0.15) is 59.3 Å². The monoisotopic (exact) mass is 1520 g/mol. The number of nitrogens with zero attached hydrogens (tertiary/aromatic N) is 2. The van der Waals surface area contributed by atoms with Crippen LogP contribution in [0.3, 0.4) is 0 Å². The van der Waals surface area contributed by atoms with E-state index < -0.39 is 252 Å². The number of Topliss-reactive ketones (excluding diaryl/α,β-unsaturated/α-hetero) is 2. The molecule has 0 aromatic rings. The van der Waals surface area contributed by atoms with Crippen LogP contribution in [-0.2, 0) is 85.5 Å². The minimum atomic E-state index is -3.08. The maximum atomic E-state index is 14.2. The third kappa shape index (κ3) is 20.8. The van der Waals surface area contributed by atoms with Crippen molar-refractivity contribution in [3.05, 3.63) is 5.21 Å². The second-order valence-electron chi connectivity index (χ2n) is 33.5. The Morgan fingerprint density at radius 2 is 0.857 bits per heavy atom. The molecule has 6 fully saturated rings. The lowest BCUT2D eigenvalue weighted by atomic mass is 9.73. The van der Waals surface area contributed by atoms with Gasteiger partial charge in [-0.05, 0) is 129 Å². The molecule has 614 valence electrons. The molecule has 0 spiro atoms. The van der Waals surface area contributed by atoms with Gasteiger partial charge in [-0.2, -0.15) is 0 Å². The van der Waals surface area contributed by atoms with Gasteiger partial charge in [-0.25, -0.2) is 0 Å². The summed E-state index contributed by atoms with van der Waals surface area (Å²) < 4.78 is 135. The molecule has 0 amide bonds. The lowest BCUT2D eigenvalue weighted by Gasteiger charge is -2.51. The molecule has 0 saturated carbocycles. The summed E-state index contributed by atoms with van der Waals surface area (Å²) in [6, 6.07) is -1.32. The smallest absolute Gasteiger partial charge is 0.311 e. The number of hydrogen-bond acceptors (Lipinski definition) is 28. The normalized spacial score (nSPS) is 49.9. The van der Waals surface area contributed by atoms with Crippen molar-refractivity contribution in [1.82, 2.24) is 4.90 Å². The molecule has 6 rings (SSSR count). The Morgan fingerprint density at radius 1 is 0.505 bits per heavy atom. The third-order valence-electron chi connectivity index (χ3n) is 24.2. The molecular weight excluding hydrogens is 1370 g/mol. The van der Waals surface area contributed by atoms with E-state index in [1.807, 2.05) is 25.9 Å². The maximum absolute atomic E-state index is 14.2. The highest BCUT2D eigenvalue weighted by atomic mass is 16.7. The Balaban J connectivity index is 0.000000397. The zero-order valence-electron chi connectivity index (χ0n) is 73.2. The molecule has 6 saturated heterocycles. The minimum absolute atomic E-state index is 0.00336. The van der Waals surface area contributed by atoms with E-state index in [1.165, 1.54) is 76.8 Å². The lowest BCUT2D eigenvalue weighted by Crippen LogP contribution is -2.63. The molecular formula is C76H138N2O27. The average Bonchev–Trinajstić information content (AvgIpc) is 0.765. The predicted molar refractivity (Wildman–Crippen MR) is 384 cm³/mol. The summed E-state index contributed by atoms with van der Waals surface area (Å²) in [4.78, 5) is 58.5. The maximum Gasteiger partial charge on any atom is 0.311 e. The fourth-order valence-electron chi connectivity index (χ4n) is 17.1. The second-order valence-corrected chi connectivity index (χ2v) is 33.5. The van der Waals surface area contributed by atoms with Gasteiger partial charge in [-0.15, -0.1) is 0 Å². The summed E-state index contributed by atoms with van der Waals surface area (Å²) in [6.45, 7) is 31.4. The van der Waals surface area contributed by atoms with Gasteiger partial charge in [0.25, 0.3) is 0 Å². The number of quaternary nitrogens is 1. The van der Waals surface area contributed by atoms with E-state index in [2.05, 4.69) is 0 Å². The van der Waals surface area contributed by atoms with Crippen LogP contribution in [0.4, 0.5) is 0 Å². The highest BCUT2D eigenvalue weighted by Gasteiger charge is 2.58. The Hall–Kier alpha value is -2.64. The van der Waals surface area contributed by atoms with Gasteiger partial charge >= 0.3 is 11.9 Å². The van der Waals surface area contributed by atoms with Crippen LogP contribution < -0.4 is 0 Å². The van der Waals surface area contributed by atoms with Gasteiger partial charge in [0.05, 0.1) is 118 Å². The van der Waals surface area contributed by atoms with Gasteiger partial charge in [0.15, 0.2) is 31.3 Å². The van der Waals surface area contributed by atoms with Crippen LogP contribution in [0.15, 0.2) is 0 Å². The Labute approximate surface area is 633 Å². The molecule has 29 heteroatoms. The van der Waals surface area contributed by atoms with Gasteiger partial charge in [-0.3, -0.25) is 19.2 Å². The standard InChI is InChI=1S/C38H69NO14.C38H69NO13/c1-15-26-38(10,45)31(42)21(4)28(40)19(2)17-37(9,48-14)33(53-35-29(41)25(39(11,12)46)16-20(3)49-35)22(5)30(23(6)34(44)51-26)52-27-18-36(8,47-13)32(43)24(7)50-27;1-15-26-38(10,45)31(42)21(4)28(40)19(2)17-37(9,47-14)33(52-35-29(41)25(39(11)12)16-20(3)48-35)22(5)30(23(6)34(44)50-26)51-27-18-36(8,46-13)32(43)24(7)49-27/h19-27,29-33,35,41-43,45H,15-18H2,1-14H3;19-27,29-33,35,41-43,45H,15-18H2,1-14H3/t2*19-,20-,21+,22+,23-,24+,25+,26?,27+,29-,30+,31-,32+,33-,35+,36-,37-,38-/m11/s1/i2*14D3. The van der Waals surface area contributed by atoms with Crippen molar-refractivity contribution in [2.75, 3.05) is 56.5 Å². The van der Waals surface area contributed by atoms with Gasteiger partial charge in [0.2, 0.25) is 0 Å². The molecule has 36 atom stereocenters. The van der Waals surface area contributed by atoms with Crippen molar-refractivity contribution in [1.29, 1.82) is 0 Å². The number of aliphatic hydroxyl groups excluding tert-OH is 6. The van der Waals surface area contributed by atoms with Crippen LogP contribution in [0.25, 0.3) is 0 Å². The number of esters is 2. The number of likely N-dealkylation sites (N-methyl/N-ethyl adjacent to an activating group) is 2. The van der Waals surface area contributed by atoms with E-state index in [9.17, 15) is 65.2 Å². The first-order chi connectivity index (χ1) is 50.6. The lowest BCUT2D eigenvalue weighted by molar-refractivity contribution is -0.874. The highest BCUT2D eigenvalue weighted by molar-refractivity contribution is 5.84. The number of methoxy groups -OCH3 is 4. The van der Waals surface area contributed by atoms with E-state index in [-0.39, 0.29) is 51.0 Å². The molecule has 0 aromatic heterocycles. The van der Waals surface area contributed by atoms with Crippen LogP contribution in [0.2, 0.25) is 0 Å². The number of carbonyl (C=O) groups excluding carboxylic acids is 4. The minimum Gasteiger partial charge on any atom is -0.633 e. The van der Waals surface area contributed by atoms with Crippen LogP contribution in [0.5, 0.6) is 0 Å². The van der Waals surface area contributed by atoms with Gasteiger partial charge in [-0.1, -0.05) is 55.4 Å². The molecule has 6 aliphatic rings. The number of hydroxylamine groups is 3. The van der Waals surface area contributed by atoms with E-state index in [1.54, 1.807) is 83.1 Å². The Bertz CT molecular complexity index is 3010. The van der Waals surface area contributed by atoms with E-state index in [4.69, 9.17) is 74.5 Å². The summed E-state index contributed by atoms with van der Waals surface area (Å²) in [6.07, 6.45) is -23.3. The largest absolute Gasteiger partial charge is 0.633 e. The first-order valence-electron chi connectivity index (χ1n) is 40.5. The predicted octanol–water partition coefficient (Wildman–Crippen LogP) is 4.89. The van der Waals surface area contributed by atoms with Crippen molar-refractivity contribution in [3.8, 4) is 0 Å². The van der Waals surface area contributed by atoms with Crippen LogP contribution in [0.1, 0.15) is 198 Å². The topological polar surface area (TPSA) is 386 Å². The Morgan fingerprint density at radius 3 is 1.18 bits per heavy atom. The summed E-state index contributed by atoms with van der Waals surface area (Å²) in [5.41, 5.74) is -10.2. The molecule has 6 heterocycles. The molecule has 0 aromatic carbocycles. The molecule has 6 aliphatic heterocycles. The van der Waals surface area contributed by atoms with Crippen LogP contribution in [-0.4, -0.2) is 299 Å². The molecule has 105 heavy (non-hydrogen) atoms. The number of cyclic esters (lactones) is 2. The number of aliphatic hydroxyl groups is 8. The number of ketones is 2. The van der Waals surface area contributed by atoms with Gasteiger partial charge in [0, 0.05) is 89.1 Å². The first-order valence-corrected chi connectivity index (χ1v) is 37.5. The van der Waals surface area contributed by atoms with Crippen LogP contribution >= 0.6 is 0 Å². The van der Waals surface area contributed by atoms with Crippen molar-refractivity contribution >= 4 is 23.5 Å². The number of carbonyl (C=O) groups is 4. The zero-order valence-corrected chi connectivity index (χ0v) is 67.2. The molecule has 2 unspecified atom stereocenters. The van der Waals surface area contributed by atoms with E-state index >= 15 is 0 Å². The van der Waals surface area contributed by atoms with E-state index in [0.29, 0.717) is 6.42 Å². The molecule has 0 aliphatic carbocycles. The summed E-state index contributed by atoms with van der Waals surface area (Å²) in [7, 11) is 3.16. The zero-order chi connectivity index (χ0) is 85.3. The van der Waals surface area contributed by atoms with Crippen LogP contribution in [0, 0.1) is 52.6 Å². The molecule has 0 bridgehead atoms. The quantitative estimate of drug-likeness (QED) is 0.0579. The SMILES string of the molecule is [2H]C([2H])([2H])O[C@]1(C)C[C@@H](C)C(=O)[C@H](C)[C@@H](O)[C@](C)(O)C(CC)OC(=O)[C@H](C)[C@@H](O[C@H]2C[C@@](C)(OC)[C@@H](O)[C@H](C)O2)[C@H](C)[C@H]1O[C@@H]1O[C@H](C)C[C@H](N(C)C)[C@H]1O.[2H]C([2H])([2H])O[C@]1(C)C[C@@H](C)C(=O)[C@H](C)[C@@H](O)[C@](C)(O)C(CC)OC(=O)[C@H](C)[C@@H](O[C@H]2C[C@@](C)(OC)[C@@H](O)[C@H](C)O2)[C@H](C)[C@H]1O[C@@H]1O[C@H](C)C[C@H]([N+](C)(C)[O-])[C@H]1O. The fraction of sp³-hybridized carbons (Fsp3) is 0.947. The number of rotatable bonds is 16. The second kappa shape index (κ2) is 36.9. The third-order valence-corrected chi connectivity index (χ3v) is 24.2. The Kier molecular flexibility index (Phi) is 29.3. The van der Waals surface area contributed by atoms with Crippen molar-refractivity contribution in [2.45, 2.75) is 358 Å². The van der Waals surface area contributed by atoms with E-state index in [0.717, 1.165) is 0 Å². The highest BCUT2D eigenvalue weighted by Crippen LogP contribution is 2.46. The number of hydrogen-bond donors (Lipinski definition) is 8. The number of ether oxygens (including phenoxy) is 14. The average molecular weight is 1520 g/mol. The first kappa shape index (κ1) is 83.3. The summed E-state index contributed by atoms with van der Waals surface area (Å²) >= 11 is 0.